The Morgan fingerprint density at radius 2 is 1.00 bits per heavy atom. The van der Waals surface area contributed by atoms with Gasteiger partial charge in [-0.05, 0) is 0 Å². The van der Waals surface area contributed by atoms with E-state index in [1.807, 2.05) is 0 Å². The quantitative estimate of drug-likeness (QED) is 0.605. The van der Waals surface area contributed by atoms with Crippen LogP contribution in [-0.2, 0) is 0 Å². The first-order valence-corrected chi connectivity index (χ1v) is 2.99. The molecule has 0 unspecified atom stereocenters. The Morgan fingerprint density at radius 3 is 1.07 bits per heavy atom. The molecule has 0 spiro atoms. The molecule has 0 aliphatic carbocycles. The molecule has 0 amide bonds. The van der Waals surface area contributed by atoms with Crippen LogP contribution in [-0.4, -0.2) is 58.5 Å². The Morgan fingerprint density at radius 1 is 0.733 bits per heavy atom. The summed E-state index contributed by atoms with van der Waals surface area (Å²) >= 11 is 0. The maximum absolute atomic E-state index is 12.1. The van der Waals surface area contributed by atoms with Crippen molar-refractivity contribution in [1.29, 1.82) is 0 Å². The van der Waals surface area contributed by atoms with Crippen molar-refractivity contribution in [3.05, 3.63) is 0 Å². The van der Waals surface area contributed by atoms with Crippen LogP contribution < -0.4 is 0 Å². The molecule has 0 aromatic carbocycles. The van der Waals surface area contributed by atoms with Crippen molar-refractivity contribution in [1.82, 2.24) is 0 Å². The standard InChI is InChI=1S/C5H4F8O.Na/c1-2(6,7)3(8,9)4(10,11)5(12,13)14;/h14H,1H3;. The first-order valence-electron chi connectivity index (χ1n) is 2.99. The summed E-state index contributed by atoms with van der Waals surface area (Å²) < 4.78 is 94.8. The average molecular weight is 255 g/mol. The summed E-state index contributed by atoms with van der Waals surface area (Å²) in [5, 5.41) is 7.35. The third kappa shape index (κ3) is 2.95. The second kappa shape index (κ2) is 4.34. The van der Waals surface area contributed by atoms with Gasteiger partial charge in [0.15, 0.2) is 0 Å². The maximum atomic E-state index is 12.1. The molecule has 87 valence electrons. The summed E-state index contributed by atoms with van der Waals surface area (Å²) in [7, 11) is 0. The van der Waals surface area contributed by atoms with Crippen molar-refractivity contribution < 1.29 is 40.2 Å². The second-order valence-electron chi connectivity index (χ2n) is 2.58. The smallest absolute Gasteiger partial charge is 0.331 e. The molecular formula is C5H4F8NaO. The van der Waals surface area contributed by atoms with Crippen LogP contribution in [0.4, 0.5) is 35.1 Å². The Kier molecular flexibility index (Phi) is 5.15. The van der Waals surface area contributed by atoms with Crippen molar-refractivity contribution in [2.24, 2.45) is 0 Å². The summed E-state index contributed by atoms with van der Waals surface area (Å²) in [6, 6.07) is 0. The van der Waals surface area contributed by atoms with Gasteiger partial charge in [-0.2, -0.15) is 35.1 Å². The fourth-order valence-electron chi connectivity index (χ4n) is 0.465. The van der Waals surface area contributed by atoms with Gasteiger partial charge in [-0.1, -0.05) is 0 Å². The van der Waals surface area contributed by atoms with Crippen LogP contribution in [0.2, 0.25) is 0 Å². The molecular weight excluding hydrogens is 251 g/mol. The van der Waals surface area contributed by atoms with Crippen LogP contribution >= 0.6 is 0 Å². The summed E-state index contributed by atoms with van der Waals surface area (Å²) in [5.41, 5.74) is 0. The number of rotatable bonds is 3. The molecule has 1 radical (unpaired) electrons. The van der Waals surface area contributed by atoms with E-state index in [1.165, 1.54) is 0 Å². The third-order valence-electron chi connectivity index (χ3n) is 1.32. The molecule has 0 aliphatic rings. The van der Waals surface area contributed by atoms with Gasteiger partial charge in [-0.15, -0.1) is 0 Å². The zero-order valence-electron chi connectivity index (χ0n) is 7.47. The van der Waals surface area contributed by atoms with E-state index >= 15 is 0 Å². The zero-order chi connectivity index (χ0) is 12.0. The summed E-state index contributed by atoms with van der Waals surface area (Å²) in [6.45, 7) is -0.660. The molecule has 0 aromatic heterocycles. The monoisotopic (exact) mass is 255 g/mol. The van der Waals surface area contributed by atoms with Crippen molar-refractivity contribution in [2.45, 2.75) is 30.8 Å². The van der Waals surface area contributed by atoms with Gasteiger partial charge in [0.1, 0.15) is 0 Å². The van der Waals surface area contributed by atoms with Crippen LogP contribution in [0.3, 0.4) is 0 Å². The number of hydrogen-bond acceptors (Lipinski definition) is 1. The predicted molar refractivity (Wildman–Crippen MR) is 33.4 cm³/mol. The van der Waals surface area contributed by atoms with Gasteiger partial charge in [0.05, 0.1) is 0 Å². The van der Waals surface area contributed by atoms with Gasteiger partial charge in [0.2, 0.25) is 0 Å². The van der Waals surface area contributed by atoms with Crippen LogP contribution in [0.15, 0.2) is 0 Å². The molecule has 0 atom stereocenters. The van der Waals surface area contributed by atoms with Gasteiger partial charge in [0.25, 0.3) is 0 Å². The summed E-state index contributed by atoms with van der Waals surface area (Å²) in [6.07, 6.45) is -6.23. The first-order chi connectivity index (χ1) is 5.75. The molecule has 0 aliphatic heterocycles. The minimum Gasteiger partial charge on any atom is -0.331 e. The maximum Gasteiger partial charge on any atom is 0.423 e. The molecule has 0 aromatic rings. The van der Waals surface area contributed by atoms with Crippen molar-refractivity contribution in [3.8, 4) is 0 Å². The molecule has 0 saturated heterocycles. The Labute approximate surface area is 101 Å². The van der Waals surface area contributed by atoms with Crippen molar-refractivity contribution in [2.75, 3.05) is 0 Å². The molecule has 0 fully saturated rings. The summed E-state index contributed by atoms with van der Waals surface area (Å²) in [4.78, 5) is 0. The number of aliphatic hydroxyl groups is 1. The van der Waals surface area contributed by atoms with E-state index in [0.717, 1.165) is 0 Å². The first kappa shape index (κ1) is 17.8. The number of halogens is 8. The molecule has 1 nitrogen and oxygen atoms in total. The van der Waals surface area contributed by atoms with E-state index < -0.39 is 30.8 Å². The molecule has 0 bridgehead atoms. The Hall–Kier alpha value is 0.400. The second-order valence-corrected chi connectivity index (χ2v) is 2.58. The van der Waals surface area contributed by atoms with E-state index in [4.69, 9.17) is 5.11 Å². The largest absolute Gasteiger partial charge is 0.423 e. The zero-order valence-corrected chi connectivity index (χ0v) is 9.47. The van der Waals surface area contributed by atoms with E-state index in [1.54, 1.807) is 0 Å². The van der Waals surface area contributed by atoms with Crippen LogP contribution in [0.5, 0.6) is 0 Å². The van der Waals surface area contributed by atoms with Gasteiger partial charge in [-0.3, -0.25) is 0 Å². The molecule has 0 saturated carbocycles. The fraction of sp³-hybridized carbons (Fsp3) is 1.00. The third-order valence-corrected chi connectivity index (χ3v) is 1.32. The van der Waals surface area contributed by atoms with Crippen LogP contribution in [0.1, 0.15) is 6.92 Å². The molecule has 0 heterocycles. The Bertz CT molecular complexity index is 192. The normalized spacial score (nSPS) is 14.8. The van der Waals surface area contributed by atoms with Crippen molar-refractivity contribution >= 4 is 29.6 Å². The minimum absolute atomic E-state index is 0. The van der Waals surface area contributed by atoms with Gasteiger partial charge < -0.3 is 5.11 Å². The van der Waals surface area contributed by atoms with E-state index in [-0.39, 0.29) is 29.6 Å². The van der Waals surface area contributed by atoms with E-state index in [2.05, 4.69) is 0 Å². The molecule has 10 heteroatoms. The minimum atomic E-state index is -6.54. The molecule has 0 rings (SSSR count). The SMILES string of the molecule is CC(F)(F)C(F)(F)C(F)(F)C(O)(F)F.[Na]. The predicted octanol–water partition coefficient (Wildman–Crippen LogP) is 2.12. The van der Waals surface area contributed by atoms with E-state index in [9.17, 15) is 35.1 Å². The van der Waals surface area contributed by atoms with Crippen LogP contribution in [0, 0.1) is 0 Å². The van der Waals surface area contributed by atoms with Gasteiger partial charge in [-0.25, -0.2) is 0 Å². The number of alkyl halides is 8. The van der Waals surface area contributed by atoms with E-state index in [0.29, 0.717) is 0 Å². The topological polar surface area (TPSA) is 20.2 Å². The van der Waals surface area contributed by atoms with Crippen molar-refractivity contribution in [3.63, 3.8) is 0 Å². The Balaban J connectivity index is 0. The average Bonchev–Trinajstić information content (AvgIpc) is 1.81. The van der Waals surface area contributed by atoms with Gasteiger partial charge in [0, 0.05) is 36.5 Å². The fourth-order valence-corrected chi connectivity index (χ4v) is 0.465. The molecule has 1 N–H and O–H groups in total. The van der Waals surface area contributed by atoms with Gasteiger partial charge >= 0.3 is 23.9 Å². The number of hydrogen-bond donors (Lipinski definition) is 1. The molecule has 15 heavy (non-hydrogen) atoms. The van der Waals surface area contributed by atoms with Crippen LogP contribution in [0.25, 0.3) is 0 Å². The summed E-state index contributed by atoms with van der Waals surface area (Å²) in [5.74, 6) is -18.3.